The highest BCUT2D eigenvalue weighted by atomic mass is 19.1. The maximum absolute atomic E-state index is 13.6. The maximum atomic E-state index is 13.6. The molecular weight excluding hydrogens is 386 g/mol. The fourth-order valence-electron chi connectivity index (χ4n) is 3.74. The van der Waals surface area contributed by atoms with Gasteiger partial charge in [-0.15, -0.1) is 0 Å². The van der Waals surface area contributed by atoms with Crippen LogP contribution < -0.4 is 5.32 Å². The third kappa shape index (κ3) is 4.08. The van der Waals surface area contributed by atoms with Crippen LogP contribution in [0.25, 0.3) is 0 Å². The summed E-state index contributed by atoms with van der Waals surface area (Å²) >= 11 is 0. The van der Waals surface area contributed by atoms with Crippen molar-refractivity contribution in [3.05, 3.63) is 101 Å². The van der Waals surface area contributed by atoms with Gasteiger partial charge in [0, 0.05) is 11.3 Å². The van der Waals surface area contributed by atoms with Gasteiger partial charge in [0.05, 0.1) is 12.5 Å². The van der Waals surface area contributed by atoms with E-state index in [0.717, 1.165) is 11.1 Å². The number of amides is 2. The predicted octanol–water partition coefficient (Wildman–Crippen LogP) is 4.39. The number of anilines is 1. The molecule has 3 aromatic carbocycles. The first-order valence-corrected chi connectivity index (χ1v) is 9.60. The van der Waals surface area contributed by atoms with Crippen LogP contribution in [-0.4, -0.2) is 23.3 Å². The highest BCUT2D eigenvalue weighted by Crippen LogP contribution is 2.36. The number of halogens is 2. The van der Waals surface area contributed by atoms with Crippen molar-refractivity contribution < 1.29 is 18.4 Å². The standard InChI is InChI=1S/C24H20F2N2O2/c1-15-2-11-21-20(12-15)24(17-5-9-19(26)10-6-17)28(14-22(29)27-21)23(30)13-16-3-7-18(25)8-4-16/h2-12,24H,13-14H2,1H3,(H,27,29)/t24-/m1/s1. The van der Waals surface area contributed by atoms with Crippen molar-refractivity contribution in [3.8, 4) is 0 Å². The van der Waals surface area contributed by atoms with Crippen molar-refractivity contribution >= 4 is 17.5 Å². The molecule has 2 amide bonds. The minimum absolute atomic E-state index is 0.0202. The molecule has 0 saturated heterocycles. The molecule has 1 heterocycles. The normalized spacial score (nSPS) is 15.9. The molecule has 0 bridgehead atoms. The van der Waals surface area contributed by atoms with Crippen LogP contribution in [0.4, 0.5) is 14.5 Å². The highest BCUT2D eigenvalue weighted by Gasteiger charge is 2.33. The molecule has 4 rings (SSSR count). The SMILES string of the molecule is Cc1ccc2c(c1)[C@@H](c1ccc(F)cc1)N(C(=O)Cc1ccc(F)cc1)CC(=O)N2. The van der Waals surface area contributed by atoms with Crippen molar-refractivity contribution in [2.45, 2.75) is 19.4 Å². The molecule has 6 heteroatoms. The van der Waals surface area contributed by atoms with Gasteiger partial charge in [-0.3, -0.25) is 9.59 Å². The lowest BCUT2D eigenvalue weighted by molar-refractivity contribution is -0.135. The summed E-state index contributed by atoms with van der Waals surface area (Å²) in [5, 5.41) is 2.86. The molecule has 0 aliphatic carbocycles. The van der Waals surface area contributed by atoms with Crippen molar-refractivity contribution in [1.82, 2.24) is 4.90 Å². The van der Waals surface area contributed by atoms with E-state index in [2.05, 4.69) is 5.32 Å². The number of benzene rings is 3. The fourth-order valence-corrected chi connectivity index (χ4v) is 3.74. The zero-order valence-electron chi connectivity index (χ0n) is 16.4. The lowest BCUT2D eigenvalue weighted by Gasteiger charge is -2.31. The summed E-state index contributed by atoms with van der Waals surface area (Å²) in [6.07, 6.45) is 0.0202. The van der Waals surface area contributed by atoms with E-state index < -0.39 is 6.04 Å². The maximum Gasteiger partial charge on any atom is 0.244 e. The van der Waals surface area contributed by atoms with Crippen LogP contribution >= 0.6 is 0 Å². The van der Waals surface area contributed by atoms with Gasteiger partial charge < -0.3 is 10.2 Å². The van der Waals surface area contributed by atoms with E-state index in [9.17, 15) is 18.4 Å². The van der Waals surface area contributed by atoms with Crippen LogP contribution in [0.1, 0.15) is 28.3 Å². The smallest absolute Gasteiger partial charge is 0.244 e. The van der Waals surface area contributed by atoms with Crippen LogP contribution in [0.3, 0.4) is 0 Å². The molecule has 0 unspecified atom stereocenters. The first kappa shape index (κ1) is 19.8. The lowest BCUT2D eigenvalue weighted by Crippen LogP contribution is -2.39. The van der Waals surface area contributed by atoms with Gasteiger partial charge in [0.1, 0.15) is 18.2 Å². The summed E-state index contributed by atoms with van der Waals surface area (Å²) in [5.74, 6) is -1.35. The van der Waals surface area contributed by atoms with Gasteiger partial charge in [-0.05, 0) is 48.4 Å². The molecule has 1 N–H and O–H groups in total. The molecule has 0 radical (unpaired) electrons. The Morgan fingerprint density at radius 1 is 1.00 bits per heavy atom. The fraction of sp³-hybridized carbons (Fsp3) is 0.167. The average Bonchev–Trinajstić information content (AvgIpc) is 2.86. The second-order valence-electron chi connectivity index (χ2n) is 7.42. The Labute approximate surface area is 173 Å². The Bertz CT molecular complexity index is 1100. The largest absolute Gasteiger partial charge is 0.324 e. The third-order valence-electron chi connectivity index (χ3n) is 5.18. The van der Waals surface area contributed by atoms with Crippen LogP contribution in [0, 0.1) is 18.6 Å². The molecule has 0 spiro atoms. The average molecular weight is 406 g/mol. The van der Waals surface area contributed by atoms with E-state index in [1.165, 1.54) is 29.2 Å². The number of fused-ring (bicyclic) bond motifs is 1. The number of hydrogen-bond acceptors (Lipinski definition) is 2. The molecule has 0 saturated carbocycles. The number of hydrogen-bond donors (Lipinski definition) is 1. The van der Waals surface area contributed by atoms with E-state index in [4.69, 9.17) is 0 Å². The first-order chi connectivity index (χ1) is 14.4. The van der Waals surface area contributed by atoms with E-state index in [-0.39, 0.29) is 36.4 Å². The van der Waals surface area contributed by atoms with Crippen molar-refractivity contribution in [2.75, 3.05) is 11.9 Å². The van der Waals surface area contributed by atoms with Crippen LogP contribution in [0.15, 0.2) is 66.7 Å². The van der Waals surface area contributed by atoms with Crippen molar-refractivity contribution in [3.63, 3.8) is 0 Å². The van der Waals surface area contributed by atoms with Gasteiger partial charge in [0.15, 0.2) is 0 Å². The van der Waals surface area contributed by atoms with Gasteiger partial charge in [0.25, 0.3) is 0 Å². The summed E-state index contributed by atoms with van der Waals surface area (Å²) in [6.45, 7) is 1.79. The number of nitrogens with zero attached hydrogens (tertiary/aromatic N) is 1. The van der Waals surface area contributed by atoms with Crippen molar-refractivity contribution in [2.24, 2.45) is 0 Å². The molecule has 1 aliphatic rings. The van der Waals surface area contributed by atoms with E-state index in [1.54, 1.807) is 24.3 Å². The second-order valence-corrected chi connectivity index (χ2v) is 7.42. The third-order valence-corrected chi connectivity index (χ3v) is 5.18. The zero-order valence-corrected chi connectivity index (χ0v) is 16.4. The van der Waals surface area contributed by atoms with Gasteiger partial charge >= 0.3 is 0 Å². The van der Waals surface area contributed by atoms with Crippen LogP contribution in [-0.2, 0) is 16.0 Å². The topological polar surface area (TPSA) is 49.4 Å². The number of carbonyl (C=O) groups excluding carboxylic acids is 2. The molecule has 30 heavy (non-hydrogen) atoms. The minimum atomic E-state index is -0.563. The number of nitrogens with one attached hydrogen (secondary N) is 1. The summed E-state index contributed by atoms with van der Waals surface area (Å²) < 4.78 is 26.8. The van der Waals surface area contributed by atoms with Crippen molar-refractivity contribution in [1.29, 1.82) is 0 Å². The molecule has 4 nitrogen and oxygen atoms in total. The van der Waals surface area contributed by atoms with Gasteiger partial charge in [-0.25, -0.2) is 8.78 Å². The Hall–Kier alpha value is -3.54. The molecular formula is C24H20F2N2O2. The zero-order chi connectivity index (χ0) is 21.3. The lowest BCUT2D eigenvalue weighted by atomic mass is 9.94. The molecule has 0 fully saturated rings. The molecule has 1 atom stereocenters. The minimum Gasteiger partial charge on any atom is -0.324 e. The Balaban J connectivity index is 1.79. The number of aryl methyl sites for hydroxylation is 1. The van der Waals surface area contributed by atoms with Gasteiger partial charge in [-0.1, -0.05) is 42.0 Å². The van der Waals surface area contributed by atoms with Gasteiger partial charge in [-0.2, -0.15) is 0 Å². The van der Waals surface area contributed by atoms with Crippen LogP contribution in [0.5, 0.6) is 0 Å². The number of carbonyl (C=O) groups is 2. The van der Waals surface area contributed by atoms with E-state index in [0.29, 0.717) is 16.8 Å². The van der Waals surface area contributed by atoms with E-state index >= 15 is 0 Å². The molecule has 0 aromatic heterocycles. The molecule has 1 aliphatic heterocycles. The predicted molar refractivity (Wildman–Crippen MR) is 110 cm³/mol. The Kier molecular flexibility index (Phi) is 5.31. The highest BCUT2D eigenvalue weighted by molar-refractivity contribution is 5.97. The van der Waals surface area contributed by atoms with Crippen LogP contribution in [0.2, 0.25) is 0 Å². The van der Waals surface area contributed by atoms with E-state index in [1.807, 2.05) is 25.1 Å². The summed E-state index contributed by atoms with van der Waals surface area (Å²) in [4.78, 5) is 27.3. The Morgan fingerprint density at radius 2 is 1.63 bits per heavy atom. The first-order valence-electron chi connectivity index (χ1n) is 9.60. The monoisotopic (exact) mass is 406 g/mol. The second kappa shape index (κ2) is 8.06. The van der Waals surface area contributed by atoms with Gasteiger partial charge in [0.2, 0.25) is 11.8 Å². The quantitative estimate of drug-likeness (QED) is 0.702. The number of rotatable bonds is 3. The Morgan fingerprint density at radius 3 is 2.30 bits per heavy atom. The summed E-state index contributed by atoms with van der Waals surface area (Å²) in [7, 11) is 0. The molecule has 152 valence electrons. The summed E-state index contributed by atoms with van der Waals surface area (Å²) in [6, 6.07) is 16.7. The molecule has 3 aromatic rings. The summed E-state index contributed by atoms with van der Waals surface area (Å²) in [5.41, 5.74) is 3.71.